The zero-order valence-corrected chi connectivity index (χ0v) is 14.4. The van der Waals surface area contributed by atoms with Crippen LogP contribution in [0.15, 0.2) is 23.7 Å². The van der Waals surface area contributed by atoms with E-state index in [1.54, 1.807) is 6.92 Å². The Morgan fingerprint density at radius 1 is 1.40 bits per heavy atom. The van der Waals surface area contributed by atoms with Crippen molar-refractivity contribution in [3.63, 3.8) is 0 Å². The van der Waals surface area contributed by atoms with Crippen LogP contribution in [0.5, 0.6) is 0 Å². The highest BCUT2D eigenvalue weighted by Gasteiger charge is 2.25. The number of aromatic nitrogens is 2. The highest BCUT2D eigenvalue weighted by atomic mass is 16.6. The summed E-state index contributed by atoms with van der Waals surface area (Å²) in [6.45, 7) is 3.07. The minimum Gasteiger partial charge on any atom is -0.478 e. The van der Waals surface area contributed by atoms with Gasteiger partial charge < -0.3 is 25.3 Å². The van der Waals surface area contributed by atoms with Gasteiger partial charge in [-0.3, -0.25) is 0 Å². The molecule has 0 fully saturated rings. The van der Waals surface area contributed by atoms with Gasteiger partial charge in [0.2, 0.25) is 0 Å². The lowest BCUT2D eigenvalue weighted by atomic mass is 10.0. The van der Waals surface area contributed by atoms with E-state index in [-0.39, 0.29) is 30.1 Å². The van der Waals surface area contributed by atoms with Crippen molar-refractivity contribution in [3.05, 3.63) is 29.4 Å². The van der Waals surface area contributed by atoms with Gasteiger partial charge in [-0.2, -0.15) is 0 Å². The molecule has 9 nitrogen and oxygen atoms in total. The number of imidazole rings is 1. The first-order chi connectivity index (χ1) is 11.8. The Morgan fingerprint density at radius 2 is 2.08 bits per heavy atom. The number of aliphatic carboxylic acids is 1. The Kier molecular flexibility index (Phi) is 7.96. The summed E-state index contributed by atoms with van der Waals surface area (Å²) in [5.74, 6) is -3.20. The molecule has 0 amide bonds. The number of nitrogens with two attached hydrogens (primary N) is 1. The normalized spacial score (nSPS) is 14.4. The summed E-state index contributed by atoms with van der Waals surface area (Å²) in [6.07, 6.45) is 3.38. The Hall–Kier alpha value is -2.52. The van der Waals surface area contributed by atoms with Crippen molar-refractivity contribution in [2.24, 2.45) is 5.73 Å². The lowest BCUT2D eigenvalue weighted by molar-refractivity contribution is -0.158. The van der Waals surface area contributed by atoms with Crippen LogP contribution in [0.25, 0.3) is 0 Å². The van der Waals surface area contributed by atoms with E-state index in [0.717, 1.165) is 0 Å². The number of aromatic amines is 1. The number of carboxylic acids is 1. The molecule has 0 bridgehead atoms. The third-order valence-corrected chi connectivity index (χ3v) is 3.71. The Balaban J connectivity index is 2.78. The first-order valence-corrected chi connectivity index (χ1v) is 7.70. The summed E-state index contributed by atoms with van der Waals surface area (Å²) in [5.41, 5.74) is 6.06. The van der Waals surface area contributed by atoms with Crippen molar-refractivity contribution in [1.29, 1.82) is 0 Å². The number of carbonyl (C=O) groups excluding carboxylic acids is 2. The van der Waals surface area contributed by atoms with E-state index in [9.17, 15) is 14.4 Å². The maximum Gasteiger partial charge on any atom is 0.342 e. The van der Waals surface area contributed by atoms with Crippen molar-refractivity contribution in [2.45, 2.75) is 45.3 Å². The molecule has 1 unspecified atom stereocenters. The minimum atomic E-state index is -1.26. The first kappa shape index (κ1) is 20.5. The fourth-order valence-electron chi connectivity index (χ4n) is 1.98. The number of H-pyrrole nitrogens is 1. The fraction of sp³-hybridized carbons (Fsp3) is 0.500. The van der Waals surface area contributed by atoms with Crippen LogP contribution in [0.2, 0.25) is 0 Å². The standard InChI is InChI=1S/C16H23N3O6/c1-9(24-3)4-5-12(10(2)14(20)21)15(22)25-16(23)13(17)6-11-7-18-8-19-11/h7-9,13H,4-6,17H2,1-3H3,(H,18,19)(H,20,21)/b12-10-/t9?,13-/m0/s1. The predicted octanol–water partition coefficient (Wildman–Crippen LogP) is 0.566. The molecule has 1 aromatic heterocycles. The van der Waals surface area contributed by atoms with Crippen LogP contribution >= 0.6 is 0 Å². The van der Waals surface area contributed by atoms with Gasteiger partial charge in [-0.25, -0.2) is 19.4 Å². The molecule has 25 heavy (non-hydrogen) atoms. The van der Waals surface area contributed by atoms with Gasteiger partial charge in [-0.15, -0.1) is 0 Å². The Morgan fingerprint density at radius 3 is 2.60 bits per heavy atom. The van der Waals surface area contributed by atoms with Crippen LogP contribution in [-0.4, -0.2) is 52.2 Å². The highest BCUT2D eigenvalue weighted by molar-refractivity contribution is 6.03. The van der Waals surface area contributed by atoms with Crippen LogP contribution in [0.4, 0.5) is 0 Å². The van der Waals surface area contributed by atoms with Gasteiger partial charge in [0.15, 0.2) is 0 Å². The van der Waals surface area contributed by atoms with Crippen LogP contribution in [-0.2, 0) is 30.3 Å². The van der Waals surface area contributed by atoms with Gasteiger partial charge in [-0.05, 0) is 26.7 Å². The molecule has 1 rings (SSSR count). The van der Waals surface area contributed by atoms with Gasteiger partial charge in [-0.1, -0.05) is 0 Å². The van der Waals surface area contributed by atoms with Crippen LogP contribution in [0, 0.1) is 0 Å². The largest absolute Gasteiger partial charge is 0.478 e. The number of esters is 2. The van der Waals surface area contributed by atoms with E-state index in [4.69, 9.17) is 20.3 Å². The van der Waals surface area contributed by atoms with Crippen LogP contribution < -0.4 is 5.73 Å². The zero-order chi connectivity index (χ0) is 19.0. The predicted molar refractivity (Wildman–Crippen MR) is 87.4 cm³/mol. The summed E-state index contributed by atoms with van der Waals surface area (Å²) in [6, 6.07) is -1.08. The van der Waals surface area contributed by atoms with E-state index >= 15 is 0 Å². The van der Waals surface area contributed by atoms with Gasteiger partial charge in [0, 0.05) is 36.6 Å². The quantitative estimate of drug-likeness (QED) is 0.332. The minimum absolute atomic E-state index is 0.0847. The maximum absolute atomic E-state index is 12.2. The fourth-order valence-corrected chi connectivity index (χ4v) is 1.98. The SMILES string of the molecule is COC(C)CC/C(C(=O)OC(=O)[C@@H](N)Cc1cnc[nH]1)=C(\C)C(=O)O. The van der Waals surface area contributed by atoms with E-state index in [0.29, 0.717) is 12.1 Å². The molecule has 0 aliphatic rings. The van der Waals surface area contributed by atoms with Crippen molar-refractivity contribution in [1.82, 2.24) is 9.97 Å². The summed E-state index contributed by atoms with van der Waals surface area (Å²) in [5, 5.41) is 9.12. The van der Waals surface area contributed by atoms with Crippen molar-refractivity contribution in [3.8, 4) is 0 Å². The van der Waals surface area contributed by atoms with Gasteiger partial charge in [0.1, 0.15) is 6.04 Å². The summed E-state index contributed by atoms with van der Waals surface area (Å²) in [7, 11) is 1.51. The van der Waals surface area contributed by atoms with Crippen molar-refractivity contribution >= 4 is 17.9 Å². The number of nitrogens with zero attached hydrogens (tertiary/aromatic N) is 1. The number of hydrogen-bond donors (Lipinski definition) is 3. The smallest absolute Gasteiger partial charge is 0.342 e. The second-order valence-electron chi connectivity index (χ2n) is 5.59. The Bertz CT molecular complexity index is 638. The van der Waals surface area contributed by atoms with E-state index < -0.39 is 23.9 Å². The molecule has 2 atom stereocenters. The third kappa shape index (κ3) is 6.48. The van der Waals surface area contributed by atoms with Crippen molar-refractivity contribution < 1.29 is 29.0 Å². The summed E-state index contributed by atoms with van der Waals surface area (Å²) < 4.78 is 9.84. The van der Waals surface area contributed by atoms with Gasteiger partial charge in [0.25, 0.3) is 0 Å². The van der Waals surface area contributed by atoms with Crippen molar-refractivity contribution in [2.75, 3.05) is 7.11 Å². The van der Waals surface area contributed by atoms with Crippen LogP contribution in [0.3, 0.4) is 0 Å². The summed E-state index contributed by atoms with van der Waals surface area (Å²) >= 11 is 0. The van der Waals surface area contributed by atoms with E-state index in [2.05, 4.69) is 9.97 Å². The molecule has 0 saturated heterocycles. The number of ether oxygens (including phenoxy) is 2. The second-order valence-corrected chi connectivity index (χ2v) is 5.59. The molecular weight excluding hydrogens is 330 g/mol. The monoisotopic (exact) mass is 353 g/mol. The maximum atomic E-state index is 12.2. The molecule has 0 aromatic carbocycles. The topological polar surface area (TPSA) is 145 Å². The molecule has 4 N–H and O–H groups in total. The molecule has 0 saturated carbocycles. The lowest BCUT2D eigenvalue weighted by Gasteiger charge is -2.14. The number of methoxy groups -OCH3 is 1. The van der Waals surface area contributed by atoms with Gasteiger partial charge in [0.05, 0.1) is 12.4 Å². The molecule has 0 spiro atoms. The Labute approximate surface area is 145 Å². The molecule has 0 aliphatic carbocycles. The van der Waals surface area contributed by atoms with Gasteiger partial charge >= 0.3 is 17.9 Å². The van der Waals surface area contributed by atoms with E-state index in [1.807, 2.05) is 0 Å². The molecule has 1 aromatic rings. The molecule has 0 aliphatic heterocycles. The average molecular weight is 353 g/mol. The number of carboxylic acid groups (broad SMARTS) is 1. The average Bonchev–Trinajstić information content (AvgIpc) is 3.07. The molecular formula is C16H23N3O6. The zero-order valence-electron chi connectivity index (χ0n) is 14.4. The summed E-state index contributed by atoms with van der Waals surface area (Å²) in [4.78, 5) is 42.0. The number of nitrogens with one attached hydrogen (secondary N) is 1. The lowest BCUT2D eigenvalue weighted by Crippen LogP contribution is -2.36. The highest BCUT2D eigenvalue weighted by Crippen LogP contribution is 2.16. The molecule has 1 heterocycles. The number of rotatable bonds is 9. The van der Waals surface area contributed by atoms with Crippen LogP contribution in [0.1, 0.15) is 32.4 Å². The number of carbonyl (C=O) groups is 3. The third-order valence-electron chi connectivity index (χ3n) is 3.71. The second kappa shape index (κ2) is 9.70. The van der Waals surface area contributed by atoms with E-state index in [1.165, 1.54) is 26.6 Å². The number of hydrogen-bond acceptors (Lipinski definition) is 7. The molecule has 138 valence electrons. The first-order valence-electron chi connectivity index (χ1n) is 7.70. The molecule has 9 heteroatoms. The molecule has 0 radical (unpaired) electrons.